The van der Waals surface area contributed by atoms with Crippen LogP contribution in [0, 0.1) is 0 Å². The maximum absolute atomic E-state index is 11.1. The molecule has 108 valence electrons. The molecule has 0 aliphatic carbocycles. The second-order valence-electron chi connectivity index (χ2n) is 3.64. The van der Waals surface area contributed by atoms with Crippen LogP contribution in [-0.2, 0) is 23.8 Å². The van der Waals surface area contributed by atoms with Crippen LogP contribution in [0.4, 0.5) is 0 Å². The Morgan fingerprint density at radius 2 is 1.79 bits per heavy atom. The number of carbonyl (C=O) groups excluding carboxylic acids is 2. The molecule has 0 radical (unpaired) electrons. The lowest BCUT2D eigenvalue weighted by molar-refractivity contribution is -0.186. The molecule has 2 unspecified atom stereocenters. The molecule has 0 rings (SSSR count). The molecule has 2 atom stereocenters. The van der Waals surface area contributed by atoms with Gasteiger partial charge in [0.25, 0.3) is 0 Å². The largest absolute Gasteiger partial charge is 0.454 e. The zero-order valence-electron chi connectivity index (χ0n) is 11.0. The second kappa shape index (κ2) is 10.3. The quantitative estimate of drug-likeness (QED) is 0.362. The van der Waals surface area contributed by atoms with Crippen molar-refractivity contribution in [2.75, 3.05) is 13.2 Å². The van der Waals surface area contributed by atoms with E-state index >= 15 is 0 Å². The van der Waals surface area contributed by atoms with Crippen molar-refractivity contribution in [3.8, 4) is 0 Å². The number of rotatable bonds is 10. The van der Waals surface area contributed by atoms with Crippen molar-refractivity contribution in [1.29, 1.82) is 0 Å². The van der Waals surface area contributed by atoms with E-state index in [0.29, 0.717) is 6.42 Å². The Hall–Kier alpha value is -1.66. The summed E-state index contributed by atoms with van der Waals surface area (Å²) in [7, 11) is 0. The summed E-state index contributed by atoms with van der Waals surface area (Å²) in [6.45, 7) is 7.96. The summed E-state index contributed by atoms with van der Waals surface area (Å²) in [5.41, 5.74) is 0. The van der Waals surface area contributed by atoms with Gasteiger partial charge in [0.05, 0.1) is 13.2 Å². The number of esters is 2. The summed E-state index contributed by atoms with van der Waals surface area (Å²) >= 11 is 0. The molecule has 0 fully saturated rings. The molecule has 0 bridgehead atoms. The number of carbonyl (C=O) groups is 2. The second-order valence-corrected chi connectivity index (χ2v) is 3.64. The Morgan fingerprint density at radius 1 is 1.21 bits per heavy atom. The third-order valence-electron chi connectivity index (χ3n) is 2.06. The molecule has 0 saturated heterocycles. The van der Waals surface area contributed by atoms with E-state index in [1.807, 2.05) is 6.92 Å². The summed E-state index contributed by atoms with van der Waals surface area (Å²) in [5.74, 6) is -1.25. The molecule has 0 amide bonds. The third-order valence-corrected chi connectivity index (χ3v) is 2.06. The van der Waals surface area contributed by atoms with Gasteiger partial charge in [-0.1, -0.05) is 26.5 Å². The van der Waals surface area contributed by atoms with E-state index in [1.165, 1.54) is 0 Å². The zero-order chi connectivity index (χ0) is 14.7. The molecule has 1 N–H and O–H groups in total. The van der Waals surface area contributed by atoms with Crippen LogP contribution >= 0.6 is 0 Å². The molecule has 0 aliphatic heterocycles. The molecule has 0 saturated carbocycles. The maximum atomic E-state index is 11.1. The Bertz CT molecular complexity index is 312. The van der Waals surface area contributed by atoms with Crippen LogP contribution in [0.1, 0.15) is 19.8 Å². The number of hydrogen-bond acceptors (Lipinski definition) is 6. The van der Waals surface area contributed by atoms with Gasteiger partial charge in [0.2, 0.25) is 6.29 Å². The summed E-state index contributed by atoms with van der Waals surface area (Å²) in [4.78, 5) is 22.0. The lowest BCUT2D eigenvalue weighted by Gasteiger charge is -2.20. The van der Waals surface area contributed by atoms with Gasteiger partial charge in [0.1, 0.15) is 6.10 Å². The van der Waals surface area contributed by atoms with Crippen LogP contribution in [0.3, 0.4) is 0 Å². The van der Waals surface area contributed by atoms with E-state index in [4.69, 9.17) is 19.3 Å². The third kappa shape index (κ3) is 8.12. The van der Waals surface area contributed by atoms with Crippen molar-refractivity contribution < 1.29 is 28.9 Å². The fraction of sp³-hybridized carbons (Fsp3) is 0.538. The first-order valence-electron chi connectivity index (χ1n) is 5.95. The molecular weight excluding hydrogens is 252 g/mol. The van der Waals surface area contributed by atoms with Crippen LogP contribution in [0.15, 0.2) is 25.3 Å². The molecule has 0 heterocycles. The van der Waals surface area contributed by atoms with E-state index in [-0.39, 0.29) is 6.61 Å². The van der Waals surface area contributed by atoms with Crippen LogP contribution in [0.5, 0.6) is 0 Å². The van der Waals surface area contributed by atoms with Gasteiger partial charge in [-0.3, -0.25) is 0 Å². The average Bonchev–Trinajstić information content (AvgIpc) is 2.42. The van der Waals surface area contributed by atoms with Gasteiger partial charge in [-0.15, -0.1) is 0 Å². The molecule has 19 heavy (non-hydrogen) atoms. The van der Waals surface area contributed by atoms with Gasteiger partial charge in [-0.2, -0.15) is 0 Å². The molecule has 0 aromatic rings. The van der Waals surface area contributed by atoms with E-state index in [1.54, 1.807) is 0 Å². The molecule has 6 heteroatoms. The SMILES string of the molecule is C=CC(=O)OC(CO)COC(CCC)OC(=O)C=C. The Morgan fingerprint density at radius 3 is 2.26 bits per heavy atom. The molecule has 0 aliphatic rings. The number of ether oxygens (including phenoxy) is 3. The van der Waals surface area contributed by atoms with Crippen LogP contribution < -0.4 is 0 Å². The summed E-state index contributed by atoms with van der Waals surface area (Å²) in [6.07, 6.45) is 1.68. The predicted octanol–water partition coefficient (Wildman–Crippen LogP) is 0.948. The highest BCUT2D eigenvalue weighted by Crippen LogP contribution is 2.07. The van der Waals surface area contributed by atoms with E-state index in [2.05, 4.69) is 13.2 Å². The minimum atomic E-state index is -0.827. The highest BCUT2D eigenvalue weighted by Gasteiger charge is 2.17. The number of aliphatic hydroxyl groups is 1. The minimum absolute atomic E-state index is 0.0782. The van der Waals surface area contributed by atoms with Gasteiger partial charge in [0, 0.05) is 18.6 Å². The van der Waals surface area contributed by atoms with Crippen molar-refractivity contribution in [1.82, 2.24) is 0 Å². The smallest absolute Gasteiger partial charge is 0.332 e. The normalized spacial score (nSPS) is 13.2. The van der Waals surface area contributed by atoms with E-state index in [0.717, 1.165) is 18.6 Å². The lowest BCUT2D eigenvalue weighted by atomic mass is 10.3. The fourth-order valence-corrected chi connectivity index (χ4v) is 1.14. The topological polar surface area (TPSA) is 82.1 Å². The van der Waals surface area contributed by atoms with Gasteiger partial charge in [0.15, 0.2) is 0 Å². The highest BCUT2D eigenvalue weighted by atomic mass is 16.7. The van der Waals surface area contributed by atoms with E-state index < -0.39 is 30.9 Å². The van der Waals surface area contributed by atoms with Gasteiger partial charge in [-0.05, 0) is 0 Å². The van der Waals surface area contributed by atoms with Crippen molar-refractivity contribution in [3.05, 3.63) is 25.3 Å². The lowest BCUT2D eigenvalue weighted by Crippen LogP contribution is -2.30. The summed E-state index contributed by atoms with van der Waals surface area (Å²) < 4.78 is 15.1. The number of hydrogen-bond donors (Lipinski definition) is 1. The first kappa shape index (κ1) is 17.3. The minimum Gasteiger partial charge on any atom is -0.454 e. The summed E-state index contributed by atoms with van der Waals surface area (Å²) in [5, 5.41) is 9.03. The van der Waals surface area contributed by atoms with Crippen molar-refractivity contribution in [3.63, 3.8) is 0 Å². The zero-order valence-corrected chi connectivity index (χ0v) is 11.0. The Labute approximate surface area is 112 Å². The standard InChI is InChI=1S/C13H20O6/c1-4-7-13(19-12(16)6-3)17-9-10(8-14)18-11(15)5-2/h5-6,10,13-14H,2-4,7-9H2,1H3. The molecular formula is C13H20O6. The highest BCUT2D eigenvalue weighted by molar-refractivity contribution is 5.81. The fourth-order valence-electron chi connectivity index (χ4n) is 1.14. The van der Waals surface area contributed by atoms with Crippen molar-refractivity contribution >= 4 is 11.9 Å². The maximum Gasteiger partial charge on any atom is 0.332 e. The van der Waals surface area contributed by atoms with Gasteiger partial charge in [-0.25, -0.2) is 9.59 Å². The first-order chi connectivity index (χ1) is 9.07. The van der Waals surface area contributed by atoms with Gasteiger partial charge < -0.3 is 19.3 Å². The molecule has 0 spiro atoms. The predicted molar refractivity (Wildman–Crippen MR) is 68.1 cm³/mol. The molecule has 6 nitrogen and oxygen atoms in total. The first-order valence-corrected chi connectivity index (χ1v) is 5.95. The Kier molecular flexibility index (Phi) is 9.38. The number of aliphatic hydroxyl groups excluding tert-OH is 1. The van der Waals surface area contributed by atoms with Gasteiger partial charge >= 0.3 is 11.9 Å². The van der Waals surface area contributed by atoms with Crippen LogP contribution in [0.2, 0.25) is 0 Å². The van der Waals surface area contributed by atoms with Crippen LogP contribution in [0.25, 0.3) is 0 Å². The van der Waals surface area contributed by atoms with Crippen LogP contribution in [-0.4, -0.2) is 42.7 Å². The summed E-state index contributed by atoms with van der Waals surface area (Å²) in [6, 6.07) is 0. The monoisotopic (exact) mass is 272 g/mol. The van der Waals surface area contributed by atoms with Crippen molar-refractivity contribution in [2.45, 2.75) is 32.2 Å². The van der Waals surface area contributed by atoms with Crippen molar-refractivity contribution in [2.24, 2.45) is 0 Å². The van der Waals surface area contributed by atoms with E-state index in [9.17, 15) is 9.59 Å². The molecule has 0 aromatic heterocycles. The Balaban J connectivity index is 4.25. The average molecular weight is 272 g/mol. The molecule has 0 aromatic carbocycles.